The van der Waals surface area contributed by atoms with Crippen molar-refractivity contribution in [1.29, 1.82) is 0 Å². The molecule has 0 unspecified atom stereocenters. The van der Waals surface area contributed by atoms with Gasteiger partial charge in [0.15, 0.2) is 0 Å². The number of esters is 1. The van der Waals surface area contributed by atoms with Gasteiger partial charge in [-0.3, -0.25) is 14.5 Å². The summed E-state index contributed by atoms with van der Waals surface area (Å²) in [6, 6.07) is 13.8. The van der Waals surface area contributed by atoms with Crippen LogP contribution in [0.1, 0.15) is 42.1 Å². The lowest BCUT2D eigenvalue weighted by atomic mass is 9.90. The quantitative estimate of drug-likeness (QED) is 0.357. The van der Waals surface area contributed by atoms with Crippen LogP contribution >= 0.6 is 0 Å². The Morgan fingerprint density at radius 2 is 1.73 bits per heavy atom. The number of likely N-dealkylation sites (N-methyl/N-ethyl adjacent to an activating group) is 2. The first-order valence-corrected chi connectivity index (χ1v) is 12.3. The molecule has 40 heavy (non-hydrogen) atoms. The number of amides is 2. The Balaban J connectivity index is 1.49. The zero-order valence-corrected chi connectivity index (χ0v) is 22.1. The van der Waals surface area contributed by atoms with E-state index in [9.17, 15) is 14.4 Å². The van der Waals surface area contributed by atoms with Gasteiger partial charge in [-0.15, -0.1) is 0 Å². The van der Waals surface area contributed by atoms with E-state index in [4.69, 9.17) is 19.8 Å². The molecule has 1 fully saturated rings. The highest BCUT2D eigenvalue weighted by Crippen LogP contribution is 2.39. The molecule has 0 spiro atoms. The van der Waals surface area contributed by atoms with Crippen LogP contribution in [0.15, 0.2) is 72.7 Å². The monoisotopic (exact) mass is 549 g/mol. The lowest BCUT2D eigenvalue weighted by Crippen LogP contribution is -2.48. The number of allylic oxidation sites excluding steroid dienone is 1. The summed E-state index contributed by atoms with van der Waals surface area (Å²) in [5.41, 5.74) is 1.50. The fourth-order valence-corrected chi connectivity index (χ4v) is 4.28. The lowest BCUT2D eigenvalue weighted by molar-refractivity contribution is -0.119. The number of nitrogens with zero attached hydrogens (tertiary/aromatic N) is 3. The van der Waals surface area contributed by atoms with E-state index in [0.717, 1.165) is 19.1 Å². The topological polar surface area (TPSA) is 82.2 Å². The molecule has 1 N–H and O–H groups in total. The van der Waals surface area contributed by atoms with Crippen LogP contribution in [-0.4, -0.2) is 81.3 Å². The third-order valence-corrected chi connectivity index (χ3v) is 6.42. The molecular formula is C32H34N4O4. The number of methoxy groups -OCH3 is 1. The molecule has 206 valence electrons. The molecule has 0 atom stereocenters. The summed E-state index contributed by atoms with van der Waals surface area (Å²) in [6.45, 7) is -13.2. The molecule has 3 aromatic carbocycles. The summed E-state index contributed by atoms with van der Waals surface area (Å²) in [5, 5.41) is 2.59. The Morgan fingerprint density at radius 1 is 1.02 bits per heavy atom. The molecule has 0 aromatic heterocycles. The molecule has 1 saturated heterocycles. The van der Waals surface area contributed by atoms with Crippen LogP contribution in [0.2, 0.25) is 0 Å². The summed E-state index contributed by atoms with van der Waals surface area (Å²) in [6.07, 6.45) is 0.106. The van der Waals surface area contributed by atoms with Crippen molar-refractivity contribution in [1.82, 2.24) is 9.80 Å². The van der Waals surface area contributed by atoms with E-state index in [-0.39, 0.29) is 28.1 Å². The van der Waals surface area contributed by atoms with E-state index < -0.39 is 74.0 Å². The first-order chi connectivity index (χ1) is 23.6. The highest BCUT2D eigenvalue weighted by molar-refractivity contribution is 6.37. The average Bonchev–Trinajstić information content (AvgIpc) is 3.44. The number of hydrogen-bond acceptors (Lipinski definition) is 6. The van der Waals surface area contributed by atoms with Gasteiger partial charge in [0, 0.05) is 60.9 Å². The molecule has 8 heteroatoms. The number of carbonyl (C=O) groups excluding carboxylic acids is 3. The van der Waals surface area contributed by atoms with Gasteiger partial charge in [0.05, 0.1) is 28.9 Å². The first kappa shape index (κ1) is 16.7. The van der Waals surface area contributed by atoms with Crippen molar-refractivity contribution in [3.8, 4) is 0 Å². The van der Waals surface area contributed by atoms with Crippen molar-refractivity contribution < 1.29 is 34.2 Å². The molecule has 0 bridgehead atoms. The van der Waals surface area contributed by atoms with Gasteiger partial charge < -0.3 is 19.9 Å². The molecule has 8 nitrogen and oxygen atoms in total. The van der Waals surface area contributed by atoms with Gasteiger partial charge >= 0.3 is 5.97 Å². The van der Waals surface area contributed by atoms with E-state index in [1.807, 2.05) is 0 Å². The summed E-state index contributed by atoms with van der Waals surface area (Å²) < 4.78 is 96.7. The van der Waals surface area contributed by atoms with Crippen LogP contribution in [-0.2, 0) is 20.7 Å². The molecule has 2 aliphatic rings. The molecule has 0 saturated carbocycles. The number of piperazine rings is 1. The van der Waals surface area contributed by atoms with Crippen molar-refractivity contribution in [2.24, 2.45) is 0 Å². The Kier molecular flexibility index (Phi) is 4.96. The second-order valence-electron chi connectivity index (χ2n) is 9.05. The summed E-state index contributed by atoms with van der Waals surface area (Å²) in [5.74, 6) is -2.46. The highest BCUT2D eigenvalue weighted by atomic mass is 16.5. The summed E-state index contributed by atoms with van der Waals surface area (Å²) >= 11 is 0. The average molecular weight is 550 g/mol. The normalized spacial score (nSPS) is 25.8. The number of anilines is 2. The molecule has 0 aliphatic carbocycles. The van der Waals surface area contributed by atoms with E-state index in [0.29, 0.717) is 27.3 Å². The predicted molar refractivity (Wildman–Crippen MR) is 157 cm³/mol. The minimum atomic E-state index is -3.11. The number of ether oxygens (including phenoxy) is 1. The highest BCUT2D eigenvalue weighted by Gasteiger charge is 2.29. The maximum absolute atomic E-state index is 13.5. The fourth-order valence-electron chi connectivity index (χ4n) is 4.28. The number of hydrogen-bond donors (Lipinski definition) is 1. The van der Waals surface area contributed by atoms with Crippen molar-refractivity contribution in [2.75, 3.05) is 64.0 Å². The van der Waals surface area contributed by atoms with Crippen molar-refractivity contribution in [3.05, 3.63) is 95.0 Å². The number of fused-ring (bicyclic) bond motifs is 1. The van der Waals surface area contributed by atoms with Gasteiger partial charge in [0.1, 0.15) is 0 Å². The molecule has 2 amide bonds. The Hall–Kier alpha value is -4.27. The number of rotatable bonds is 7. The SMILES string of the molecule is [2H]c1c([2H])c2c(c([2H])c1C(=O)OC)NC(=O)/C2=C(\Cc1ccc(N(C)C(=O)CN2C([2H])([2H])C([2H])([2H])N(C)C([2H])([2H])C2([2H])[2H])cc1)c1ccccc1. The van der Waals surface area contributed by atoms with Crippen molar-refractivity contribution >= 4 is 40.3 Å². The van der Waals surface area contributed by atoms with Crippen LogP contribution in [0.25, 0.3) is 11.1 Å². The maximum atomic E-state index is 13.5. The van der Waals surface area contributed by atoms with Gasteiger partial charge in [0.25, 0.3) is 5.91 Å². The minimum Gasteiger partial charge on any atom is -0.465 e. The van der Waals surface area contributed by atoms with Crippen LogP contribution in [0.5, 0.6) is 0 Å². The van der Waals surface area contributed by atoms with Gasteiger partial charge in [-0.1, -0.05) is 48.5 Å². The molecule has 2 heterocycles. The van der Waals surface area contributed by atoms with Crippen LogP contribution < -0.4 is 10.2 Å². The second kappa shape index (κ2) is 11.9. The smallest absolute Gasteiger partial charge is 0.337 e. The maximum Gasteiger partial charge on any atom is 0.337 e. The molecule has 3 aromatic rings. The van der Waals surface area contributed by atoms with Gasteiger partial charge in [0.2, 0.25) is 5.91 Å². The third-order valence-electron chi connectivity index (χ3n) is 6.42. The van der Waals surface area contributed by atoms with E-state index in [1.165, 1.54) is 7.05 Å². The van der Waals surface area contributed by atoms with Gasteiger partial charge in [-0.05, 0) is 54.4 Å². The zero-order valence-electron chi connectivity index (χ0n) is 33.1. The molecular weight excluding hydrogens is 504 g/mol. The first-order valence-electron chi connectivity index (χ1n) is 17.8. The Bertz CT molecular complexity index is 1930. The van der Waals surface area contributed by atoms with Gasteiger partial charge in [-0.2, -0.15) is 0 Å². The van der Waals surface area contributed by atoms with Crippen LogP contribution in [0.4, 0.5) is 11.4 Å². The largest absolute Gasteiger partial charge is 0.465 e. The Morgan fingerprint density at radius 3 is 2.40 bits per heavy atom. The third kappa shape index (κ3) is 5.83. The van der Waals surface area contributed by atoms with Crippen molar-refractivity contribution in [3.63, 3.8) is 0 Å². The molecule has 5 rings (SSSR count). The zero-order chi connectivity index (χ0) is 38.0. The summed E-state index contributed by atoms with van der Waals surface area (Å²) in [4.78, 5) is 41.0. The van der Waals surface area contributed by atoms with E-state index >= 15 is 0 Å². The number of carbonyl (C=O) groups is 3. The molecule has 0 radical (unpaired) electrons. The number of benzene rings is 3. The Labute approximate surface area is 250 Å². The fraction of sp³-hybridized carbons (Fsp3) is 0.281. The van der Waals surface area contributed by atoms with Crippen LogP contribution in [0.3, 0.4) is 0 Å². The van der Waals surface area contributed by atoms with E-state index in [1.54, 1.807) is 54.6 Å². The minimum absolute atomic E-state index is 0.000781. The summed E-state index contributed by atoms with van der Waals surface area (Å²) in [7, 11) is 3.38. The van der Waals surface area contributed by atoms with Crippen LogP contribution in [0, 0.1) is 0 Å². The second-order valence-corrected chi connectivity index (χ2v) is 9.05. The molecule has 2 aliphatic heterocycles. The standard InChI is InChI=1S/C32H34N4O4/c1-34-15-17-36(18-16-34)21-29(37)35(2)25-12-9-22(10-13-25)19-27(23-7-5-4-6-8-23)30-26-14-11-24(32(39)40-3)20-28(26)33-31(30)38/h4-14,20H,15-19,21H2,1-3H3,(H,33,38)/b30-27+/i11D,14D,15D2,16D2,17D2,18D2,20D. The number of nitrogens with one attached hydrogen (secondary N) is 1. The lowest BCUT2D eigenvalue weighted by Gasteiger charge is -2.32. The van der Waals surface area contributed by atoms with Crippen molar-refractivity contribution in [2.45, 2.75) is 6.42 Å². The predicted octanol–water partition coefficient (Wildman–Crippen LogP) is 3.79. The van der Waals surface area contributed by atoms with Gasteiger partial charge in [-0.25, -0.2) is 4.79 Å². The van der Waals surface area contributed by atoms with E-state index in [2.05, 4.69) is 5.32 Å².